The highest BCUT2D eigenvalue weighted by atomic mass is 16.7. The van der Waals surface area contributed by atoms with Crippen LogP contribution in [0.2, 0.25) is 0 Å². The fourth-order valence-corrected chi connectivity index (χ4v) is 3.63. The number of ketones is 1. The Kier molecular flexibility index (Phi) is 6.18. The van der Waals surface area contributed by atoms with Crippen molar-refractivity contribution in [1.29, 1.82) is 0 Å². The van der Waals surface area contributed by atoms with Crippen LogP contribution in [0.4, 0.5) is 5.69 Å². The molecular weight excluding hydrogens is 362 g/mol. The second-order valence-corrected chi connectivity index (χ2v) is 7.65. The van der Waals surface area contributed by atoms with Crippen molar-refractivity contribution in [3.05, 3.63) is 17.7 Å². The van der Waals surface area contributed by atoms with Crippen LogP contribution in [0.5, 0.6) is 11.5 Å². The van der Waals surface area contributed by atoms with Gasteiger partial charge in [0.15, 0.2) is 17.3 Å². The fraction of sp³-hybridized carbons (Fsp3) is 0.550. The first-order valence-electron chi connectivity index (χ1n) is 9.50. The van der Waals surface area contributed by atoms with E-state index in [-0.39, 0.29) is 30.3 Å². The van der Waals surface area contributed by atoms with Crippen LogP contribution in [-0.4, -0.2) is 67.9 Å². The Morgan fingerprint density at radius 3 is 2.61 bits per heavy atom. The maximum atomic E-state index is 12.6. The van der Waals surface area contributed by atoms with E-state index >= 15 is 0 Å². The van der Waals surface area contributed by atoms with Crippen LogP contribution in [-0.2, 0) is 9.59 Å². The van der Waals surface area contributed by atoms with Gasteiger partial charge in [0.2, 0.25) is 18.6 Å². The Balaban J connectivity index is 1.63. The molecule has 2 aliphatic rings. The van der Waals surface area contributed by atoms with E-state index in [9.17, 15) is 14.4 Å². The SMILES string of the molecule is CC(=O)c1cc2c(cc1NC(=O)CC1CCCN(C(=O)CN(C)C)C1)OCO2. The molecule has 0 aliphatic carbocycles. The van der Waals surface area contributed by atoms with Crippen molar-refractivity contribution in [1.82, 2.24) is 9.80 Å². The third-order valence-corrected chi connectivity index (χ3v) is 4.96. The first-order chi connectivity index (χ1) is 13.3. The molecule has 1 atom stereocenters. The van der Waals surface area contributed by atoms with E-state index in [0.717, 1.165) is 19.4 Å². The lowest BCUT2D eigenvalue weighted by Crippen LogP contribution is -2.44. The lowest BCUT2D eigenvalue weighted by molar-refractivity contribution is -0.134. The van der Waals surface area contributed by atoms with Gasteiger partial charge in [-0.25, -0.2) is 0 Å². The van der Waals surface area contributed by atoms with E-state index in [1.165, 1.54) is 6.92 Å². The maximum absolute atomic E-state index is 12.6. The van der Waals surface area contributed by atoms with Gasteiger partial charge in [0.1, 0.15) is 0 Å². The smallest absolute Gasteiger partial charge is 0.236 e. The van der Waals surface area contributed by atoms with Gasteiger partial charge in [0, 0.05) is 31.1 Å². The number of hydrogen-bond acceptors (Lipinski definition) is 6. The molecule has 3 rings (SSSR count). The molecule has 1 aromatic carbocycles. The third-order valence-electron chi connectivity index (χ3n) is 4.96. The zero-order chi connectivity index (χ0) is 20.3. The molecule has 0 bridgehead atoms. The number of carbonyl (C=O) groups excluding carboxylic acids is 3. The summed E-state index contributed by atoms with van der Waals surface area (Å²) in [5.74, 6) is 0.878. The standard InChI is InChI=1S/C20H27N3O5/c1-13(24)15-8-17-18(28-12-27-17)9-16(15)21-19(25)7-14-5-4-6-23(10-14)20(26)11-22(2)3/h8-9,14H,4-7,10-12H2,1-3H3,(H,21,25). The molecule has 2 aliphatic heterocycles. The van der Waals surface area contributed by atoms with Crippen LogP contribution in [0.25, 0.3) is 0 Å². The van der Waals surface area contributed by atoms with Crippen LogP contribution in [0, 0.1) is 5.92 Å². The van der Waals surface area contributed by atoms with Crippen LogP contribution >= 0.6 is 0 Å². The number of nitrogens with one attached hydrogen (secondary N) is 1. The number of nitrogens with zero attached hydrogens (tertiary/aromatic N) is 2. The first-order valence-corrected chi connectivity index (χ1v) is 9.50. The summed E-state index contributed by atoms with van der Waals surface area (Å²) in [5.41, 5.74) is 0.821. The number of carbonyl (C=O) groups is 3. The molecule has 1 N–H and O–H groups in total. The van der Waals surface area contributed by atoms with Gasteiger partial charge in [-0.1, -0.05) is 0 Å². The minimum absolute atomic E-state index is 0.0877. The van der Waals surface area contributed by atoms with Crippen molar-refractivity contribution >= 4 is 23.3 Å². The lowest BCUT2D eigenvalue weighted by Gasteiger charge is -2.33. The number of rotatable bonds is 6. The highest BCUT2D eigenvalue weighted by Crippen LogP contribution is 2.37. The van der Waals surface area contributed by atoms with Gasteiger partial charge >= 0.3 is 0 Å². The molecule has 1 aromatic rings. The highest BCUT2D eigenvalue weighted by molar-refractivity contribution is 6.04. The van der Waals surface area contributed by atoms with Gasteiger partial charge in [0.05, 0.1) is 12.2 Å². The maximum Gasteiger partial charge on any atom is 0.236 e. The van der Waals surface area contributed by atoms with Crippen molar-refractivity contribution < 1.29 is 23.9 Å². The molecule has 2 amide bonds. The van der Waals surface area contributed by atoms with E-state index in [2.05, 4.69) is 5.32 Å². The topological polar surface area (TPSA) is 88.2 Å². The summed E-state index contributed by atoms with van der Waals surface area (Å²) >= 11 is 0. The van der Waals surface area contributed by atoms with Gasteiger partial charge in [-0.05, 0) is 45.8 Å². The zero-order valence-electron chi connectivity index (χ0n) is 16.6. The Labute approximate surface area is 164 Å². The van der Waals surface area contributed by atoms with Crippen molar-refractivity contribution in [3.8, 4) is 11.5 Å². The second kappa shape index (κ2) is 8.60. The predicted molar refractivity (Wildman–Crippen MR) is 104 cm³/mol. The van der Waals surface area contributed by atoms with Gasteiger partial charge in [-0.2, -0.15) is 0 Å². The summed E-state index contributed by atoms with van der Waals surface area (Å²) in [6.07, 6.45) is 2.09. The summed E-state index contributed by atoms with van der Waals surface area (Å²) < 4.78 is 10.6. The van der Waals surface area contributed by atoms with Crippen molar-refractivity contribution in [2.24, 2.45) is 5.92 Å². The lowest BCUT2D eigenvalue weighted by atomic mass is 9.94. The minimum Gasteiger partial charge on any atom is -0.454 e. The zero-order valence-corrected chi connectivity index (χ0v) is 16.6. The van der Waals surface area contributed by atoms with Crippen molar-refractivity contribution in [2.45, 2.75) is 26.2 Å². The second-order valence-electron chi connectivity index (χ2n) is 7.65. The monoisotopic (exact) mass is 389 g/mol. The first kappa shape index (κ1) is 20.1. The number of fused-ring (bicyclic) bond motifs is 1. The van der Waals surface area contributed by atoms with Crippen LogP contribution in [0.3, 0.4) is 0 Å². The van der Waals surface area contributed by atoms with Gasteiger partial charge in [0.25, 0.3) is 0 Å². The Bertz CT molecular complexity index is 777. The summed E-state index contributed by atoms with van der Waals surface area (Å²) in [6.45, 7) is 3.24. The summed E-state index contributed by atoms with van der Waals surface area (Å²) in [4.78, 5) is 40.5. The molecule has 1 unspecified atom stereocenters. The molecule has 8 heteroatoms. The molecule has 28 heavy (non-hydrogen) atoms. The number of piperidine rings is 1. The van der Waals surface area contributed by atoms with Gasteiger partial charge in [-0.3, -0.25) is 14.4 Å². The molecule has 8 nitrogen and oxygen atoms in total. The summed E-state index contributed by atoms with van der Waals surface area (Å²) in [6, 6.07) is 3.23. The van der Waals surface area contributed by atoms with Crippen LogP contribution < -0.4 is 14.8 Å². The van der Waals surface area contributed by atoms with Gasteiger partial charge in [-0.15, -0.1) is 0 Å². The Morgan fingerprint density at radius 2 is 1.93 bits per heavy atom. The molecular formula is C20H27N3O5. The summed E-state index contributed by atoms with van der Waals surface area (Å²) in [7, 11) is 3.73. The molecule has 0 radical (unpaired) electrons. The normalized spacial score (nSPS) is 18.3. The molecule has 1 saturated heterocycles. The van der Waals surface area contributed by atoms with E-state index in [0.29, 0.717) is 42.3 Å². The number of anilines is 1. The number of hydrogen-bond donors (Lipinski definition) is 1. The number of benzene rings is 1. The van der Waals surface area contributed by atoms with E-state index in [4.69, 9.17) is 9.47 Å². The molecule has 1 fully saturated rings. The molecule has 152 valence electrons. The number of likely N-dealkylation sites (tertiary alicyclic amines) is 1. The van der Waals surface area contributed by atoms with Gasteiger partial charge < -0.3 is 24.6 Å². The minimum atomic E-state index is -0.173. The molecule has 0 aromatic heterocycles. The largest absolute Gasteiger partial charge is 0.454 e. The Morgan fingerprint density at radius 1 is 1.21 bits per heavy atom. The van der Waals surface area contributed by atoms with Crippen molar-refractivity contribution in [2.75, 3.05) is 45.8 Å². The quantitative estimate of drug-likeness (QED) is 0.746. The molecule has 0 spiro atoms. The van der Waals surface area contributed by atoms with E-state index in [1.54, 1.807) is 12.1 Å². The van der Waals surface area contributed by atoms with Crippen LogP contribution in [0.1, 0.15) is 36.5 Å². The van der Waals surface area contributed by atoms with Crippen LogP contribution in [0.15, 0.2) is 12.1 Å². The average molecular weight is 389 g/mol. The average Bonchev–Trinajstić information content (AvgIpc) is 3.07. The predicted octanol–water partition coefficient (Wildman–Crippen LogP) is 1.75. The molecule has 0 saturated carbocycles. The fourth-order valence-electron chi connectivity index (χ4n) is 3.63. The molecule has 2 heterocycles. The van der Waals surface area contributed by atoms with Crippen molar-refractivity contribution in [3.63, 3.8) is 0 Å². The van der Waals surface area contributed by atoms with E-state index < -0.39 is 0 Å². The number of amides is 2. The number of Topliss-reactive ketones (excluding diaryl/α,β-unsaturated/α-hetero) is 1. The highest BCUT2D eigenvalue weighted by Gasteiger charge is 2.26. The number of ether oxygens (including phenoxy) is 2. The third kappa shape index (κ3) is 4.81. The van der Waals surface area contributed by atoms with E-state index in [1.807, 2.05) is 23.9 Å². The Hall–Kier alpha value is -2.61. The summed E-state index contributed by atoms with van der Waals surface area (Å²) in [5, 5.41) is 2.84. The number of likely N-dealkylation sites (N-methyl/N-ethyl adjacent to an activating group) is 1.